The van der Waals surface area contributed by atoms with Crippen LogP contribution in [-0.4, -0.2) is 36.9 Å². The number of carbonyl (C=O) groups excluding carboxylic acids is 2. The largest absolute Gasteiger partial charge is 0.467 e. The van der Waals surface area contributed by atoms with Crippen molar-refractivity contribution in [3.63, 3.8) is 0 Å². The quantitative estimate of drug-likeness (QED) is 0.395. The lowest BCUT2D eigenvalue weighted by Crippen LogP contribution is -2.62. The minimum absolute atomic E-state index is 0.157. The standard InChI is InChI=1S/C27H24Cl2O6/c1-33-24(30)26(32,17-16-19-8-12-22(28)13-9-19)27(25(31)34-2,21-6-4-3-5-7-21)35-18-20-10-14-23(29)15-11-20/h3-17,32H,18H2,1-2H3/b17-16+/t26-,27+/m0/s1. The van der Waals surface area contributed by atoms with Crippen LogP contribution in [0.2, 0.25) is 10.0 Å². The first kappa shape index (κ1) is 26.4. The molecule has 0 aliphatic rings. The number of hydrogen-bond donors (Lipinski definition) is 1. The maximum atomic E-state index is 13.4. The number of methoxy groups -OCH3 is 2. The van der Waals surface area contributed by atoms with Crippen LogP contribution in [0.25, 0.3) is 6.08 Å². The molecule has 3 aromatic carbocycles. The zero-order valence-electron chi connectivity index (χ0n) is 19.1. The van der Waals surface area contributed by atoms with Gasteiger partial charge in [0.15, 0.2) is 0 Å². The third-order valence-corrected chi connectivity index (χ3v) is 5.95. The van der Waals surface area contributed by atoms with Crippen LogP contribution in [0.15, 0.2) is 84.9 Å². The van der Waals surface area contributed by atoms with Gasteiger partial charge in [0, 0.05) is 10.0 Å². The molecule has 3 aromatic rings. The number of ether oxygens (including phenoxy) is 3. The molecule has 0 unspecified atom stereocenters. The average Bonchev–Trinajstić information content (AvgIpc) is 2.89. The van der Waals surface area contributed by atoms with Gasteiger partial charge in [0.25, 0.3) is 0 Å². The van der Waals surface area contributed by atoms with Gasteiger partial charge < -0.3 is 19.3 Å². The van der Waals surface area contributed by atoms with E-state index in [2.05, 4.69) is 0 Å². The second kappa shape index (κ2) is 11.5. The van der Waals surface area contributed by atoms with Gasteiger partial charge in [-0.2, -0.15) is 0 Å². The monoisotopic (exact) mass is 514 g/mol. The average molecular weight is 515 g/mol. The lowest BCUT2D eigenvalue weighted by atomic mass is 9.76. The fourth-order valence-electron chi connectivity index (χ4n) is 3.61. The van der Waals surface area contributed by atoms with Crippen molar-refractivity contribution in [2.75, 3.05) is 14.2 Å². The Hall–Kier alpha value is -3.16. The zero-order valence-corrected chi connectivity index (χ0v) is 20.6. The first-order valence-electron chi connectivity index (χ1n) is 10.5. The second-order valence-corrected chi connectivity index (χ2v) is 8.47. The van der Waals surface area contributed by atoms with Crippen molar-refractivity contribution < 1.29 is 28.9 Å². The maximum Gasteiger partial charge on any atom is 0.346 e. The molecule has 0 fully saturated rings. The smallest absolute Gasteiger partial charge is 0.346 e. The molecule has 0 saturated heterocycles. The topological polar surface area (TPSA) is 82.1 Å². The van der Waals surface area contributed by atoms with Crippen LogP contribution in [0.5, 0.6) is 0 Å². The van der Waals surface area contributed by atoms with Crippen molar-refractivity contribution >= 4 is 41.2 Å². The molecule has 6 nitrogen and oxygen atoms in total. The van der Waals surface area contributed by atoms with Gasteiger partial charge in [-0.1, -0.05) is 83.9 Å². The third-order valence-electron chi connectivity index (χ3n) is 5.44. The van der Waals surface area contributed by atoms with E-state index in [0.717, 1.165) is 20.3 Å². The predicted octanol–water partition coefficient (Wildman–Crippen LogP) is 5.20. The van der Waals surface area contributed by atoms with Crippen molar-refractivity contribution in [3.8, 4) is 0 Å². The number of carbonyl (C=O) groups is 2. The molecule has 8 heteroatoms. The van der Waals surface area contributed by atoms with E-state index in [1.807, 2.05) is 0 Å². The Morgan fingerprint density at radius 2 is 1.37 bits per heavy atom. The number of halogens is 2. The minimum Gasteiger partial charge on any atom is -0.467 e. The molecule has 0 bridgehead atoms. The van der Waals surface area contributed by atoms with Gasteiger partial charge in [-0.15, -0.1) is 0 Å². The highest BCUT2D eigenvalue weighted by Gasteiger charge is 2.63. The highest BCUT2D eigenvalue weighted by Crippen LogP contribution is 2.42. The Morgan fingerprint density at radius 3 is 1.91 bits per heavy atom. The zero-order chi connectivity index (χ0) is 25.5. The summed E-state index contributed by atoms with van der Waals surface area (Å²) in [6.45, 7) is -0.157. The van der Waals surface area contributed by atoms with E-state index in [1.165, 1.54) is 6.08 Å². The van der Waals surface area contributed by atoms with Gasteiger partial charge in [-0.05, 0) is 47.0 Å². The van der Waals surface area contributed by atoms with Crippen LogP contribution in [0.4, 0.5) is 0 Å². The Balaban J connectivity index is 2.21. The van der Waals surface area contributed by atoms with Crippen LogP contribution >= 0.6 is 23.2 Å². The molecule has 0 spiro atoms. The van der Waals surface area contributed by atoms with Gasteiger partial charge in [0.1, 0.15) is 0 Å². The fraction of sp³-hybridized carbons (Fsp3) is 0.185. The predicted molar refractivity (Wildman–Crippen MR) is 134 cm³/mol. The molecule has 0 saturated carbocycles. The van der Waals surface area contributed by atoms with Crippen LogP contribution in [0, 0.1) is 0 Å². The van der Waals surface area contributed by atoms with Crippen LogP contribution in [0.1, 0.15) is 16.7 Å². The van der Waals surface area contributed by atoms with Crippen LogP contribution in [-0.2, 0) is 36.0 Å². The van der Waals surface area contributed by atoms with Gasteiger partial charge in [0.2, 0.25) is 11.2 Å². The summed E-state index contributed by atoms with van der Waals surface area (Å²) in [5.41, 5.74) is -3.50. The van der Waals surface area contributed by atoms with Crippen LogP contribution in [0.3, 0.4) is 0 Å². The SMILES string of the molecule is COC(=O)[C@@](O)(/C=C/c1ccc(Cl)cc1)[C@](OCc1ccc(Cl)cc1)(C(=O)OC)c1ccccc1. The summed E-state index contributed by atoms with van der Waals surface area (Å²) in [4.78, 5) is 26.6. The summed E-state index contributed by atoms with van der Waals surface area (Å²) in [5, 5.41) is 13.0. The highest BCUT2D eigenvalue weighted by molar-refractivity contribution is 6.30. The second-order valence-electron chi connectivity index (χ2n) is 7.60. The molecule has 182 valence electrons. The van der Waals surface area contributed by atoms with Gasteiger partial charge in [-0.3, -0.25) is 0 Å². The summed E-state index contributed by atoms with van der Waals surface area (Å²) in [6.07, 6.45) is 2.63. The third kappa shape index (κ3) is 5.57. The molecule has 0 heterocycles. The first-order valence-corrected chi connectivity index (χ1v) is 11.3. The van der Waals surface area contributed by atoms with Gasteiger partial charge in [-0.25, -0.2) is 9.59 Å². The molecule has 2 atom stereocenters. The van der Waals surface area contributed by atoms with E-state index in [4.69, 9.17) is 37.4 Å². The number of benzene rings is 3. The van der Waals surface area contributed by atoms with E-state index >= 15 is 0 Å². The normalized spacial score (nSPS) is 14.7. The number of rotatable bonds is 9. The van der Waals surface area contributed by atoms with Crippen molar-refractivity contribution in [2.24, 2.45) is 0 Å². The molecular weight excluding hydrogens is 491 g/mol. The fourth-order valence-corrected chi connectivity index (χ4v) is 3.86. The molecule has 0 amide bonds. The highest BCUT2D eigenvalue weighted by atomic mass is 35.5. The summed E-state index contributed by atoms with van der Waals surface area (Å²) < 4.78 is 16.2. The summed E-state index contributed by atoms with van der Waals surface area (Å²) in [7, 11) is 2.25. The number of hydrogen-bond acceptors (Lipinski definition) is 6. The first-order chi connectivity index (χ1) is 16.8. The minimum atomic E-state index is -2.62. The lowest BCUT2D eigenvalue weighted by molar-refractivity contribution is -0.218. The Bertz CT molecular complexity index is 1180. The molecular formula is C27H24Cl2O6. The van der Waals surface area contributed by atoms with Crippen molar-refractivity contribution in [1.82, 2.24) is 0 Å². The lowest BCUT2D eigenvalue weighted by Gasteiger charge is -2.41. The van der Waals surface area contributed by atoms with Crippen molar-refractivity contribution in [1.29, 1.82) is 0 Å². The van der Waals surface area contributed by atoms with Crippen LogP contribution < -0.4 is 0 Å². The molecule has 0 aromatic heterocycles. The van der Waals surface area contributed by atoms with E-state index in [-0.39, 0.29) is 12.2 Å². The maximum absolute atomic E-state index is 13.4. The van der Waals surface area contributed by atoms with Crippen molar-refractivity contribution in [3.05, 3.63) is 112 Å². The molecule has 3 rings (SSSR count). The molecule has 1 N–H and O–H groups in total. The van der Waals surface area contributed by atoms with Gasteiger partial charge >= 0.3 is 11.9 Å². The Labute approximate surface area is 213 Å². The molecule has 35 heavy (non-hydrogen) atoms. The van der Waals surface area contributed by atoms with Crippen molar-refractivity contribution in [2.45, 2.75) is 17.8 Å². The molecule has 0 aliphatic heterocycles. The Kier molecular flexibility index (Phi) is 8.70. The van der Waals surface area contributed by atoms with E-state index in [0.29, 0.717) is 21.2 Å². The van der Waals surface area contributed by atoms with E-state index in [9.17, 15) is 14.7 Å². The molecule has 0 radical (unpaired) electrons. The number of esters is 2. The van der Waals surface area contributed by atoms with E-state index in [1.54, 1.807) is 78.9 Å². The van der Waals surface area contributed by atoms with E-state index < -0.39 is 23.1 Å². The Morgan fingerprint density at radius 1 is 0.829 bits per heavy atom. The summed E-state index contributed by atoms with van der Waals surface area (Å²) >= 11 is 11.9. The molecule has 0 aliphatic carbocycles. The summed E-state index contributed by atoms with van der Waals surface area (Å²) in [6, 6.07) is 21.6. The van der Waals surface area contributed by atoms with Gasteiger partial charge in [0.05, 0.1) is 20.8 Å². The summed E-state index contributed by atoms with van der Waals surface area (Å²) in [5.74, 6) is -2.11. The number of aliphatic hydroxyl groups is 1.